The number of nitrogens with zero attached hydrogens (tertiary/aromatic N) is 5. The molecule has 0 bridgehead atoms. The molecule has 1 unspecified atom stereocenters. The summed E-state index contributed by atoms with van der Waals surface area (Å²) in [6.45, 7) is 0.731. The summed E-state index contributed by atoms with van der Waals surface area (Å²) in [5.74, 6) is 0.646. The fourth-order valence-electron chi connectivity index (χ4n) is 3.69. The van der Waals surface area contributed by atoms with Crippen LogP contribution in [0.3, 0.4) is 0 Å². The lowest BCUT2D eigenvalue weighted by atomic mass is 10.2. The molecule has 4 aromatic rings. The summed E-state index contributed by atoms with van der Waals surface area (Å²) < 4.78 is 13.4. The number of nitro groups is 1. The number of anilines is 1. The molecule has 2 N–H and O–H groups in total. The van der Waals surface area contributed by atoms with Crippen LogP contribution in [0.25, 0.3) is 22.3 Å². The number of aromatic nitrogens is 4. The highest BCUT2D eigenvalue weighted by Gasteiger charge is 2.18. The van der Waals surface area contributed by atoms with Crippen LogP contribution in [0.1, 0.15) is 25.5 Å². The molecule has 1 aliphatic heterocycles. The summed E-state index contributed by atoms with van der Waals surface area (Å²) in [6.07, 6.45) is 8.30. The first-order valence-corrected chi connectivity index (χ1v) is 10.7. The average molecular weight is 467 g/mol. The Balaban J connectivity index is 1.45. The number of halogens is 1. The van der Waals surface area contributed by atoms with Gasteiger partial charge in [-0.1, -0.05) is 11.6 Å². The van der Waals surface area contributed by atoms with Crippen molar-refractivity contribution < 1.29 is 14.4 Å². The summed E-state index contributed by atoms with van der Waals surface area (Å²) in [5.41, 5.74) is 8.02. The molecule has 0 radical (unpaired) electrons. The van der Waals surface area contributed by atoms with Gasteiger partial charge in [-0.15, -0.1) is 0 Å². The summed E-state index contributed by atoms with van der Waals surface area (Å²) in [5, 5.41) is 15.7. The van der Waals surface area contributed by atoms with Crippen LogP contribution in [-0.2, 0) is 4.74 Å². The van der Waals surface area contributed by atoms with Crippen molar-refractivity contribution in [2.45, 2.75) is 25.5 Å². The zero-order chi connectivity index (χ0) is 22.9. The second kappa shape index (κ2) is 8.64. The van der Waals surface area contributed by atoms with E-state index < -0.39 is 4.92 Å². The molecule has 2 aromatic carbocycles. The Kier molecular flexibility index (Phi) is 5.53. The van der Waals surface area contributed by atoms with E-state index in [9.17, 15) is 10.1 Å². The third-order valence-corrected chi connectivity index (χ3v) is 5.75. The minimum Gasteiger partial charge on any atom is -0.456 e. The van der Waals surface area contributed by atoms with Crippen LogP contribution in [0.2, 0.25) is 5.02 Å². The van der Waals surface area contributed by atoms with Gasteiger partial charge in [0.15, 0.2) is 0 Å². The van der Waals surface area contributed by atoms with Crippen LogP contribution in [0.4, 0.5) is 11.4 Å². The molecule has 1 saturated heterocycles. The molecular weight excluding hydrogens is 448 g/mol. The summed E-state index contributed by atoms with van der Waals surface area (Å²) >= 11 is 6.59. The van der Waals surface area contributed by atoms with E-state index in [1.165, 1.54) is 18.2 Å². The SMILES string of the molecule is Nc1cc(Oc2ccc3ncc(-c4cnn(C5CCCCO5)c4)nc3c2Cl)ccc1[N+](=O)[O-]. The van der Waals surface area contributed by atoms with Crippen molar-refractivity contribution in [2.75, 3.05) is 12.3 Å². The molecule has 0 saturated carbocycles. The first-order valence-electron chi connectivity index (χ1n) is 10.3. The number of hydrogen-bond acceptors (Lipinski definition) is 8. The quantitative estimate of drug-likeness (QED) is 0.243. The number of ether oxygens (including phenoxy) is 2. The molecular formula is C22H19ClN6O4. The van der Waals surface area contributed by atoms with Gasteiger partial charge in [0.1, 0.15) is 34.0 Å². The van der Waals surface area contributed by atoms with E-state index in [1.807, 2.05) is 6.20 Å². The predicted molar refractivity (Wildman–Crippen MR) is 122 cm³/mol. The number of hydrogen-bond donors (Lipinski definition) is 1. The minimum absolute atomic E-state index is 0.00422. The molecule has 0 spiro atoms. The number of nitrogen functional groups attached to an aromatic ring is 1. The van der Waals surface area contributed by atoms with Gasteiger partial charge in [0.05, 0.1) is 28.5 Å². The van der Waals surface area contributed by atoms with Crippen molar-refractivity contribution >= 4 is 34.0 Å². The number of nitrogens with two attached hydrogens (primary N) is 1. The van der Waals surface area contributed by atoms with Gasteiger partial charge < -0.3 is 15.2 Å². The molecule has 1 aliphatic rings. The lowest BCUT2D eigenvalue weighted by Gasteiger charge is -2.22. The maximum atomic E-state index is 11.0. The smallest absolute Gasteiger partial charge is 0.292 e. The zero-order valence-corrected chi connectivity index (χ0v) is 18.1. The van der Waals surface area contributed by atoms with Crippen LogP contribution in [0, 0.1) is 10.1 Å². The molecule has 2 aromatic heterocycles. The largest absolute Gasteiger partial charge is 0.456 e. The third kappa shape index (κ3) is 4.18. The van der Waals surface area contributed by atoms with E-state index in [2.05, 4.69) is 15.1 Å². The van der Waals surface area contributed by atoms with E-state index in [4.69, 9.17) is 26.8 Å². The molecule has 11 heteroatoms. The Labute approximate surface area is 193 Å². The van der Waals surface area contributed by atoms with Gasteiger partial charge in [-0.05, 0) is 37.5 Å². The highest BCUT2D eigenvalue weighted by atomic mass is 35.5. The van der Waals surface area contributed by atoms with Crippen LogP contribution in [0.5, 0.6) is 11.5 Å². The van der Waals surface area contributed by atoms with Gasteiger partial charge in [0.2, 0.25) is 0 Å². The van der Waals surface area contributed by atoms with Crippen molar-refractivity contribution in [1.82, 2.24) is 19.7 Å². The van der Waals surface area contributed by atoms with Gasteiger partial charge in [-0.3, -0.25) is 15.1 Å². The predicted octanol–water partition coefficient (Wildman–Crippen LogP) is 5.13. The summed E-state index contributed by atoms with van der Waals surface area (Å²) in [4.78, 5) is 19.6. The molecule has 1 fully saturated rings. The fraction of sp³-hybridized carbons (Fsp3) is 0.227. The summed E-state index contributed by atoms with van der Waals surface area (Å²) in [6, 6.07) is 7.52. The zero-order valence-electron chi connectivity index (χ0n) is 17.3. The first-order chi connectivity index (χ1) is 16.0. The lowest BCUT2D eigenvalue weighted by Crippen LogP contribution is -2.18. The van der Waals surface area contributed by atoms with Crippen LogP contribution < -0.4 is 10.5 Å². The number of nitro benzene ring substituents is 1. The fourth-order valence-corrected chi connectivity index (χ4v) is 3.93. The topological polar surface area (TPSA) is 131 Å². The lowest BCUT2D eigenvalue weighted by molar-refractivity contribution is -0.383. The van der Waals surface area contributed by atoms with Gasteiger partial charge in [0.25, 0.3) is 5.69 Å². The number of fused-ring (bicyclic) bond motifs is 1. The second-order valence-electron chi connectivity index (χ2n) is 7.61. The maximum Gasteiger partial charge on any atom is 0.292 e. The Hall–Kier alpha value is -3.76. The van der Waals surface area contributed by atoms with E-state index in [0.29, 0.717) is 28.2 Å². The van der Waals surface area contributed by atoms with Gasteiger partial charge >= 0.3 is 0 Å². The van der Waals surface area contributed by atoms with Crippen LogP contribution in [0.15, 0.2) is 48.9 Å². The third-order valence-electron chi connectivity index (χ3n) is 5.39. The molecule has 0 amide bonds. The van der Waals surface area contributed by atoms with Crippen molar-refractivity contribution in [3.63, 3.8) is 0 Å². The monoisotopic (exact) mass is 466 g/mol. The molecule has 33 heavy (non-hydrogen) atoms. The van der Waals surface area contributed by atoms with Crippen molar-refractivity contribution in [3.8, 4) is 22.8 Å². The van der Waals surface area contributed by atoms with E-state index in [0.717, 1.165) is 31.4 Å². The molecule has 3 heterocycles. The second-order valence-corrected chi connectivity index (χ2v) is 7.99. The minimum atomic E-state index is -0.554. The van der Waals surface area contributed by atoms with Gasteiger partial charge in [-0.25, -0.2) is 9.67 Å². The van der Waals surface area contributed by atoms with Crippen molar-refractivity contribution in [3.05, 3.63) is 64.1 Å². The summed E-state index contributed by atoms with van der Waals surface area (Å²) in [7, 11) is 0. The number of benzene rings is 2. The Bertz CT molecular complexity index is 1350. The maximum absolute atomic E-state index is 11.0. The van der Waals surface area contributed by atoms with Crippen molar-refractivity contribution in [1.29, 1.82) is 0 Å². The normalized spacial score (nSPS) is 16.1. The highest BCUT2D eigenvalue weighted by molar-refractivity contribution is 6.36. The standard InChI is InChI=1S/C22H19ClN6O4/c23-21-19(33-14-4-6-18(29(30)31)15(24)9-14)7-5-16-22(21)27-17(11-25-16)13-10-26-28(12-13)20-3-1-2-8-32-20/h4-7,9-12,20H,1-3,8,24H2. The van der Waals surface area contributed by atoms with E-state index in [1.54, 1.807) is 29.2 Å². The number of rotatable bonds is 5. The average Bonchev–Trinajstić information content (AvgIpc) is 3.32. The molecule has 1 atom stereocenters. The highest BCUT2D eigenvalue weighted by Crippen LogP contribution is 2.36. The first kappa shape index (κ1) is 21.1. The Morgan fingerprint density at radius 1 is 1.24 bits per heavy atom. The van der Waals surface area contributed by atoms with Crippen LogP contribution >= 0.6 is 11.6 Å². The van der Waals surface area contributed by atoms with Gasteiger partial charge in [-0.2, -0.15) is 5.10 Å². The van der Waals surface area contributed by atoms with Crippen molar-refractivity contribution in [2.24, 2.45) is 0 Å². The molecule has 10 nitrogen and oxygen atoms in total. The Morgan fingerprint density at radius 2 is 2.12 bits per heavy atom. The molecule has 5 rings (SSSR count). The van der Waals surface area contributed by atoms with E-state index >= 15 is 0 Å². The molecule has 0 aliphatic carbocycles. The Morgan fingerprint density at radius 3 is 2.88 bits per heavy atom. The van der Waals surface area contributed by atoms with Gasteiger partial charge in [0, 0.05) is 30.5 Å². The molecule has 168 valence electrons. The van der Waals surface area contributed by atoms with E-state index in [-0.39, 0.29) is 22.6 Å². The van der Waals surface area contributed by atoms with Crippen LogP contribution in [-0.4, -0.2) is 31.3 Å².